The highest BCUT2D eigenvalue weighted by Crippen LogP contribution is 2.27. The summed E-state index contributed by atoms with van der Waals surface area (Å²) in [5.74, 6) is 0.0734. The van der Waals surface area contributed by atoms with Gasteiger partial charge in [-0.2, -0.15) is 4.99 Å². The zero-order valence-electron chi connectivity index (χ0n) is 15.2. The molecule has 3 aromatic carbocycles. The highest BCUT2D eigenvalue weighted by Gasteiger charge is 2.16. The van der Waals surface area contributed by atoms with Crippen LogP contribution in [0.15, 0.2) is 89.9 Å². The Kier molecular flexibility index (Phi) is 6.89. The van der Waals surface area contributed by atoms with Crippen molar-refractivity contribution in [1.29, 1.82) is 0 Å². The monoisotopic (exact) mass is 379 g/mol. The van der Waals surface area contributed by atoms with E-state index < -0.39 is 0 Å². The lowest BCUT2D eigenvalue weighted by Gasteiger charge is -2.19. The number of aliphatic imine (C=N–C) groups is 1. The number of halogens is 1. The lowest BCUT2D eigenvalue weighted by Crippen LogP contribution is -2.16. The molecule has 4 heteroatoms. The van der Waals surface area contributed by atoms with E-state index in [9.17, 15) is 0 Å². The molecule has 3 nitrogen and oxygen atoms in total. The molecular weight excluding hydrogens is 358 g/mol. The van der Waals surface area contributed by atoms with Crippen molar-refractivity contribution in [2.75, 3.05) is 13.2 Å². The van der Waals surface area contributed by atoms with Gasteiger partial charge in [0.05, 0.1) is 17.3 Å². The number of hydrogen-bond acceptors (Lipinski definition) is 3. The summed E-state index contributed by atoms with van der Waals surface area (Å²) in [5, 5.41) is 0.556. The fraction of sp³-hybridized carbons (Fsp3) is 0.174. The Morgan fingerprint density at radius 2 is 1.37 bits per heavy atom. The predicted octanol–water partition coefficient (Wildman–Crippen LogP) is 6.21. The van der Waals surface area contributed by atoms with Crippen molar-refractivity contribution in [2.45, 2.75) is 12.8 Å². The third-order valence-electron chi connectivity index (χ3n) is 4.11. The minimum absolute atomic E-state index is 0.0734. The first-order valence-corrected chi connectivity index (χ1v) is 9.34. The molecule has 0 aliphatic heterocycles. The molecule has 0 N–H and O–H groups in total. The SMILES string of the molecule is CCOC(=Nc1ccccc1Cl)OCC(c1ccccc1)c1ccccc1. The largest absolute Gasteiger partial charge is 0.451 e. The molecule has 0 unspecified atom stereocenters. The second kappa shape index (κ2) is 9.79. The molecule has 0 bridgehead atoms. The van der Waals surface area contributed by atoms with E-state index in [1.807, 2.05) is 61.5 Å². The van der Waals surface area contributed by atoms with Gasteiger partial charge in [0.2, 0.25) is 0 Å². The number of hydrogen-bond donors (Lipinski definition) is 0. The van der Waals surface area contributed by atoms with Crippen LogP contribution in [0.3, 0.4) is 0 Å². The highest BCUT2D eigenvalue weighted by molar-refractivity contribution is 6.33. The zero-order chi connectivity index (χ0) is 18.9. The molecule has 0 atom stereocenters. The average Bonchev–Trinajstić information content (AvgIpc) is 2.71. The first-order valence-electron chi connectivity index (χ1n) is 8.96. The van der Waals surface area contributed by atoms with Gasteiger partial charge in [0.25, 0.3) is 0 Å². The van der Waals surface area contributed by atoms with Gasteiger partial charge >= 0.3 is 6.08 Å². The maximum atomic E-state index is 6.20. The van der Waals surface area contributed by atoms with Crippen LogP contribution in [0.25, 0.3) is 0 Å². The van der Waals surface area contributed by atoms with Crippen molar-refractivity contribution in [1.82, 2.24) is 0 Å². The molecule has 27 heavy (non-hydrogen) atoms. The van der Waals surface area contributed by atoms with Crippen LogP contribution in [0.1, 0.15) is 24.0 Å². The fourth-order valence-corrected chi connectivity index (χ4v) is 2.96. The van der Waals surface area contributed by atoms with Crippen LogP contribution in [0.5, 0.6) is 0 Å². The molecule has 0 saturated heterocycles. The van der Waals surface area contributed by atoms with Gasteiger partial charge in [-0.3, -0.25) is 0 Å². The Morgan fingerprint density at radius 1 is 0.815 bits per heavy atom. The van der Waals surface area contributed by atoms with Gasteiger partial charge in [-0.15, -0.1) is 0 Å². The fourth-order valence-electron chi connectivity index (χ4n) is 2.78. The van der Waals surface area contributed by atoms with E-state index in [2.05, 4.69) is 29.3 Å². The summed E-state index contributed by atoms with van der Waals surface area (Å²) in [7, 11) is 0. The van der Waals surface area contributed by atoms with Crippen molar-refractivity contribution < 1.29 is 9.47 Å². The smallest absolute Gasteiger partial charge is 0.388 e. The van der Waals surface area contributed by atoms with Crippen molar-refractivity contribution in [3.05, 3.63) is 101 Å². The summed E-state index contributed by atoms with van der Waals surface area (Å²) >= 11 is 6.20. The minimum Gasteiger partial charge on any atom is -0.451 e. The summed E-state index contributed by atoms with van der Waals surface area (Å²) in [4.78, 5) is 4.45. The van der Waals surface area contributed by atoms with Gasteiger partial charge in [-0.25, -0.2) is 0 Å². The molecule has 0 aromatic heterocycles. The number of nitrogens with zero attached hydrogens (tertiary/aromatic N) is 1. The van der Waals surface area contributed by atoms with Crippen LogP contribution in [-0.2, 0) is 9.47 Å². The molecule has 0 saturated carbocycles. The Bertz CT molecular complexity index is 826. The summed E-state index contributed by atoms with van der Waals surface area (Å²) in [6.45, 7) is 2.78. The molecule has 0 heterocycles. The van der Waals surface area contributed by atoms with Crippen LogP contribution in [0, 0.1) is 0 Å². The third-order valence-corrected chi connectivity index (χ3v) is 4.43. The van der Waals surface area contributed by atoms with Crippen LogP contribution in [0.2, 0.25) is 5.02 Å². The van der Waals surface area contributed by atoms with E-state index in [1.165, 1.54) is 11.1 Å². The van der Waals surface area contributed by atoms with Crippen molar-refractivity contribution in [3.63, 3.8) is 0 Å². The standard InChI is InChI=1S/C23H22ClNO2/c1-2-26-23(25-22-16-10-9-15-21(22)24)27-17-20(18-11-5-3-6-12-18)19-13-7-4-8-14-19/h3-16,20H,2,17H2,1H3. The topological polar surface area (TPSA) is 30.8 Å². The summed E-state index contributed by atoms with van der Waals surface area (Å²) in [6, 6.07) is 27.9. The average molecular weight is 380 g/mol. The number of ether oxygens (including phenoxy) is 2. The maximum Gasteiger partial charge on any atom is 0.388 e. The van der Waals surface area contributed by atoms with E-state index >= 15 is 0 Å². The van der Waals surface area contributed by atoms with Crippen LogP contribution in [0.4, 0.5) is 5.69 Å². The molecule has 0 aliphatic carbocycles. The summed E-state index contributed by atoms with van der Waals surface area (Å²) in [6.07, 6.45) is 0.225. The third kappa shape index (κ3) is 5.35. The lowest BCUT2D eigenvalue weighted by atomic mass is 9.92. The summed E-state index contributed by atoms with van der Waals surface area (Å²) in [5.41, 5.74) is 2.98. The van der Waals surface area contributed by atoms with Gasteiger partial charge in [0.1, 0.15) is 6.61 Å². The number of rotatable bonds is 6. The maximum absolute atomic E-state index is 6.20. The summed E-state index contributed by atoms with van der Waals surface area (Å²) < 4.78 is 11.6. The molecule has 0 radical (unpaired) electrons. The zero-order valence-corrected chi connectivity index (χ0v) is 16.0. The van der Waals surface area contributed by atoms with Gasteiger partial charge in [0, 0.05) is 5.92 Å². The van der Waals surface area contributed by atoms with Crippen molar-refractivity contribution >= 4 is 23.4 Å². The normalized spacial score (nSPS) is 11.4. The van der Waals surface area contributed by atoms with E-state index in [0.717, 1.165) is 0 Å². The van der Waals surface area contributed by atoms with E-state index in [4.69, 9.17) is 21.1 Å². The molecule has 3 rings (SSSR count). The highest BCUT2D eigenvalue weighted by atomic mass is 35.5. The van der Waals surface area contributed by atoms with Crippen LogP contribution in [-0.4, -0.2) is 19.3 Å². The molecule has 0 spiro atoms. The van der Waals surface area contributed by atoms with E-state index in [-0.39, 0.29) is 12.0 Å². The van der Waals surface area contributed by atoms with Gasteiger partial charge in [-0.05, 0) is 30.2 Å². The van der Waals surface area contributed by atoms with E-state index in [1.54, 1.807) is 6.07 Å². The Balaban J connectivity index is 1.83. The minimum atomic E-state index is 0.0734. The molecular formula is C23H22ClNO2. The van der Waals surface area contributed by atoms with Gasteiger partial charge < -0.3 is 9.47 Å². The quantitative estimate of drug-likeness (QED) is 0.376. The Morgan fingerprint density at radius 3 is 1.93 bits per heavy atom. The van der Waals surface area contributed by atoms with Gasteiger partial charge in [0.15, 0.2) is 0 Å². The molecule has 3 aromatic rings. The molecule has 0 aliphatic rings. The van der Waals surface area contributed by atoms with Crippen molar-refractivity contribution in [3.8, 4) is 0 Å². The Hall–Kier alpha value is -2.78. The van der Waals surface area contributed by atoms with Crippen LogP contribution >= 0.6 is 11.6 Å². The molecule has 138 valence electrons. The predicted molar refractivity (Wildman–Crippen MR) is 111 cm³/mol. The number of benzene rings is 3. The van der Waals surface area contributed by atoms with E-state index in [0.29, 0.717) is 23.9 Å². The number of para-hydroxylation sites is 1. The van der Waals surface area contributed by atoms with Crippen molar-refractivity contribution in [2.24, 2.45) is 4.99 Å². The lowest BCUT2D eigenvalue weighted by molar-refractivity contribution is 0.168. The second-order valence-corrected chi connectivity index (χ2v) is 6.35. The first-order chi connectivity index (χ1) is 13.3. The van der Waals surface area contributed by atoms with Gasteiger partial charge in [-0.1, -0.05) is 84.4 Å². The van der Waals surface area contributed by atoms with Crippen LogP contribution < -0.4 is 0 Å². The molecule has 0 amide bonds. The molecule has 0 fully saturated rings. The second-order valence-electron chi connectivity index (χ2n) is 5.95. The Labute approximate surface area is 165 Å². The first kappa shape index (κ1) is 19.0.